The molecular formula is C21H19Cl3F3N5O2. The van der Waals surface area contributed by atoms with Gasteiger partial charge in [-0.1, -0.05) is 46.9 Å². The number of rotatable bonds is 8. The lowest BCUT2D eigenvalue weighted by Gasteiger charge is -2.19. The largest absolute Gasteiger partial charge is 0.390 e. The molecule has 0 fully saturated rings. The number of nitrogens with one attached hydrogen (secondary N) is 1. The highest BCUT2D eigenvalue weighted by Crippen LogP contribution is 2.29. The van der Waals surface area contributed by atoms with Crippen molar-refractivity contribution in [1.29, 1.82) is 0 Å². The van der Waals surface area contributed by atoms with Crippen LogP contribution in [0, 0.1) is 0 Å². The molecule has 182 valence electrons. The molecule has 13 heteroatoms. The van der Waals surface area contributed by atoms with E-state index in [1.54, 1.807) is 18.2 Å². The van der Waals surface area contributed by atoms with E-state index in [0.29, 0.717) is 16.1 Å². The number of hydrogen-bond donors (Lipinski definition) is 2. The fourth-order valence-electron chi connectivity index (χ4n) is 3.23. The molecule has 0 bridgehead atoms. The zero-order chi connectivity index (χ0) is 25.0. The molecule has 1 heterocycles. The highest BCUT2D eigenvalue weighted by atomic mass is 35.5. The van der Waals surface area contributed by atoms with E-state index in [0.717, 1.165) is 9.25 Å². The normalized spacial score (nSPS) is 12.6. The summed E-state index contributed by atoms with van der Waals surface area (Å²) >= 11 is 18.1. The van der Waals surface area contributed by atoms with Crippen molar-refractivity contribution in [1.82, 2.24) is 19.7 Å². The van der Waals surface area contributed by atoms with Crippen LogP contribution in [0.2, 0.25) is 15.1 Å². The summed E-state index contributed by atoms with van der Waals surface area (Å²) in [6.45, 7) is -1.23. The van der Waals surface area contributed by atoms with Gasteiger partial charge in [0.2, 0.25) is 5.91 Å². The lowest BCUT2D eigenvalue weighted by molar-refractivity contribution is -0.136. The molecule has 3 N–H and O–H groups in total. The Morgan fingerprint density at radius 1 is 1.12 bits per heavy atom. The van der Waals surface area contributed by atoms with E-state index in [1.807, 2.05) is 0 Å². The van der Waals surface area contributed by atoms with Gasteiger partial charge in [0.1, 0.15) is 6.54 Å². The smallest absolute Gasteiger partial charge is 0.346 e. The first kappa shape index (κ1) is 26.1. The maximum Gasteiger partial charge on any atom is 0.390 e. The fourth-order valence-corrected chi connectivity index (χ4v) is 3.79. The van der Waals surface area contributed by atoms with Gasteiger partial charge in [-0.05, 0) is 35.9 Å². The minimum Gasteiger partial charge on any atom is -0.346 e. The molecule has 0 aliphatic carbocycles. The van der Waals surface area contributed by atoms with Gasteiger partial charge >= 0.3 is 11.9 Å². The molecule has 3 aromatic rings. The summed E-state index contributed by atoms with van der Waals surface area (Å²) in [5, 5.41) is 7.65. The molecule has 1 unspecified atom stereocenters. The molecule has 0 aliphatic rings. The Kier molecular flexibility index (Phi) is 8.29. The molecule has 0 spiro atoms. The van der Waals surface area contributed by atoms with Crippen LogP contribution >= 0.6 is 34.8 Å². The maximum atomic E-state index is 12.8. The summed E-state index contributed by atoms with van der Waals surface area (Å²) in [6, 6.07) is 10.2. The third-order valence-electron chi connectivity index (χ3n) is 4.87. The number of benzene rings is 2. The van der Waals surface area contributed by atoms with Crippen molar-refractivity contribution in [2.45, 2.75) is 31.7 Å². The fraction of sp³-hybridized carbons (Fsp3) is 0.286. The SMILES string of the molecule is NCC(NC(=O)Cn1nc(-c2ccc(Cl)cc2)n(CCC(F)(F)F)c1=O)c1cccc(Cl)c1Cl. The molecular weight excluding hydrogens is 518 g/mol. The van der Waals surface area contributed by atoms with Crippen LogP contribution in [-0.2, 0) is 17.9 Å². The van der Waals surface area contributed by atoms with E-state index in [2.05, 4.69) is 10.4 Å². The Hall–Kier alpha value is -2.53. The monoisotopic (exact) mass is 535 g/mol. The number of carbonyl (C=O) groups excluding carboxylic acids is 1. The number of aromatic nitrogens is 3. The number of halogens is 6. The van der Waals surface area contributed by atoms with Gasteiger partial charge in [0, 0.05) is 23.7 Å². The first-order valence-corrected chi connectivity index (χ1v) is 11.1. The molecule has 2 aromatic carbocycles. The predicted octanol–water partition coefficient (Wildman–Crippen LogP) is 4.44. The van der Waals surface area contributed by atoms with Crippen LogP contribution in [-0.4, -0.2) is 33.0 Å². The molecule has 7 nitrogen and oxygen atoms in total. The molecule has 0 aliphatic heterocycles. The van der Waals surface area contributed by atoms with E-state index >= 15 is 0 Å². The number of alkyl halides is 3. The second kappa shape index (κ2) is 10.8. The average molecular weight is 537 g/mol. The maximum absolute atomic E-state index is 12.8. The number of carbonyl (C=O) groups is 1. The van der Waals surface area contributed by atoms with Crippen molar-refractivity contribution in [3.8, 4) is 11.4 Å². The molecule has 3 rings (SSSR count). The van der Waals surface area contributed by atoms with Crippen molar-refractivity contribution in [2.24, 2.45) is 5.73 Å². The highest BCUT2D eigenvalue weighted by molar-refractivity contribution is 6.42. The van der Waals surface area contributed by atoms with Crippen molar-refractivity contribution >= 4 is 40.7 Å². The molecule has 34 heavy (non-hydrogen) atoms. The third kappa shape index (κ3) is 6.32. The van der Waals surface area contributed by atoms with Crippen LogP contribution in [0.25, 0.3) is 11.4 Å². The van der Waals surface area contributed by atoms with Crippen LogP contribution in [0.5, 0.6) is 0 Å². The second-order valence-electron chi connectivity index (χ2n) is 7.29. The van der Waals surface area contributed by atoms with Crippen molar-refractivity contribution in [3.63, 3.8) is 0 Å². The Morgan fingerprint density at radius 2 is 1.79 bits per heavy atom. The molecule has 0 radical (unpaired) electrons. The standard InChI is InChI=1S/C21H19Cl3F3N5O2/c22-13-6-4-12(5-7-13)19-30-32(20(34)31(19)9-8-21(25,26)27)11-17(33)29-16(10-28)14-2-1-3-15(23)18(14)24/h1-7,16H,8-11,28H2,(H,29,33). The Bertz CT molecular complexity index is 1230. The van der Waals surface area contributed by atoms with Crippen LogP contribution < -0.4 is 16.7 Å². The number of amides is 1. The minimum atomic E-state index is -4.49. The van der Waals surface area contributed by atoms with Gasteiger partial charge in [-0.2, -0.15) is 13.2 Å². The summed E-state index contributed by atoms with van der Waals surface area (Å²) in [7, 11) is 0. The zero-order valence-electron chi connectivity index (χ0n) is 17.5. The number of hydrogen-bond acceptors (Lipinski definition) is 4. The molecule has 1 amide bonds. The first-order valence-electron chi connectivity index (χ1n) is 9.94. The van der Waals surface area contributed by atoms with Gasteiger partial charge in [0.05, 0.1) is 22.5 Å². The number of nitrogens with zero attached hydrogens (tertiary/aromatic N) is 3. The van der Waals surface area contributed by atoms with Gasteiger partial charge in [0.15, 0.2) is 5.82 Å². The topological polar surface area (TPSA) is 94.9 Å². The van der Waals surface area contributed by atoms with Gasteiger partial charge in [0.25, 0.3) is 0 Å². The van der Waals surface area contributed by atoms with Crippen molar-refractivity contribution in [3.05, 3.63) is 73.6 Å². The lowest BCUT2D eigenvalue weighted by atomic mass is 10.1. The third-order valence-corrected chi connectivity index (χ3v) is 5.95. The highest BCUT2D eigenvalue weighted by Gasteiger charge is 2.29. The Balaban J connectivity index is 1.88. The lowest BCUT2D eigenvalue weighted by Crippen LogP contribution is -2.38. The van der Waals surface area contributed by atoms with E-state index in [4.69, 9.17) is 40.5 Å². The molecule has 0 saturated carbocycles. The van der Waals surface area contributed by atoms with Gasteiger partial charge in [-0.15, -0.1) is 5.10 Å². The molecule has 1 aromatic heterocycles. The quantitative estimate of drug-likeness (QED) is 0.445. The minimum absolute atomic E-state index is 0.0171. The van der Waals surface area contributed by atoms with Gasteiger partial charge in [-0.3, -0.25) is 9.36 Å². The summed E-state index contributed by atoms with van der Waals surface area (Å²) in [5.41, 5.74) is 5.75. The van der Waals surface area contributed by atoms with Crippen molar-refractivity contribution in [2.75, 3.05) is 6.54 Å². The number of nitrogens with two attached hydrogens (primary N) is 1. The van der Waals surface area contributed by atoms with E-state index in [9.17, 15) is 22.8 Å². The van der Waals surface area contributed by atoms with Crippen LogP contribution in [0.4, 0.5) is 13.2 Å². The summed E-state index contributed by atoms with van der Waals surface area (Å²) < 4.78 is 40.1. The van der Waals surface area contributed by atoms with E-state index < -0.39 is 43.3 Å². The predicted molar refractivity (Wildman–Crippen MR) is 124 cm³/mol. The summed E-state index contributed by atoms with van der Waals surface area (Å²) in [4.78, 5) is 25.5. The first-order chi connectivity index (χ1) is 16.0. The second-order valence-corrected chi connectivity index (χ2v) is 8.51. The molecule has 1 atom stereocenters. The van der Waals surface area contributed by atoms with Gasteiger partial charge < -0.3 is 11.1 Å². The summed E-state index contributed by atoms with van der Waals surface area (Å²) in [6.07, 6.45) is -5.73. The Labute approximate surface area is 207 Å². The van der Waals surface area contributed by atoms with Crippen LogP contribution in [0.15, 0.2) is 47.3 Å². The van der Waals surface area contributed by atoms with Gasteiger partial charge in [-0.25, -0.2) is 9.48 Å². The van der Waals surface area contributed by atoms with Crippen LogP contribution in [0.3, 0.4) is 0 Å². The van der Waals surface area contributed by atoms with E-state index in [1.165, 1.54) is 24.3 Å². The molecule has 0 saturated heterocycles. The average Bonchev–Trinajstić information content (AvgIpc) is 3.08. The van der Waals surface area contributed by atoms with Crippen molar-refractivity contribution < 1.29 is 18.0 Å². The zero-order valence-corrected chi connectivity index (χ0v) is 19.7. The Morgan fingerprint density at radius 3 is 2.41 bits per heavy atom. The van der Waals surface area contributed by atoms with Crippen LogP contribution in [0.1, 0.15) is 18.0 Å². The van der Waals surface area contributed by atoms with E-state index in [-0.39, 0.29) is 22.4 Å². The summed E-state index contributed by atoms with van der Waals surface area (Å²) in [5.74, 6) is -0.663.